The first kappa shape index (κ1) is 17.5. The van der Waals surface area contributed by atoms with Crippen LogP contribution in [0.5, 0.6) is 5.88 Å². The highest BCUT2D eigenvalue weighted by Gasteiger charge is 2.48. The van der Waals surface area contributed by atoms with E-state index in [1.165, 1.54) is 0 Å². The molecule has 0 aromatic carbocycles. The van der Waals surface area contributed by atoms with Crippen molar-refractivity contribution in [1.82, 2.24) is 29.5 Å². The van der Waals surface area contributed by atoms with E-state index in [4.69, 9.17) is 26.2 Å². The van der Waals surface area contributed by atoms with Crippen LogP contribution in [0.2, 0.25) is 5.15 Å². The molecule has 0 amide bonds. The van der Waals surface area contributed by atoms with Crippen LogP contribution < -0.4 is 10.1 Å². The number of aromatic nitrogens is 6. The van der Waals surface area contributed by atoms with E-state index >= 15 is 0 Å². The van der Waals surface area contributed by atoms with Crippen LogP contribution in [0.25, 0.3) is 11.0 Å². The van der Waals surface area contributed by atoms with Crippen LogP contribution in [0.4, 0.5) is 11.6 Å². The van der Waals surface area contributed by atoms with Gasteiger partial charge in [-0.15, -0.1) is 5.10 Å². The molecular weight excluding hydrogens is 394 g/mol. The molecule has 0 radical (unpaired) electrons. The van der Waals surface area contributed by atoms with Crippen LogP contribution in [0, 0.1) is 6.92 Å². The lowest BCUT2D eigenvalue weighted by Gasteiger charge is -2.30. The van der Waals surface area contributed by atoms with E-state index in [1.807, 2.05) is 0 Å². The van der Waals surface area contributed by atoms with Crippen molar-refractivity contribution in [1.29, 1.82) is 0 Å². The number of nitrogens with zero attached hydrogens (tertiary/aromatic N) is 6. The highest BCUT2D eigenvalue weighted by molar-refractivity contribution is 6.34. The first-order valence-corrected chi connectivity index (χ1v) is 10.5. The van der Waals surface area contributed by atoms with Crippen molar-refractivity contribution in [2.45, 2.75) is 57.2 Å². The van der Waals surface area contributed by atoms with Crippen molar-refractivity contribution < 1.29 is 9.47 Å². The molecule has 9 nitrogen and oxygen atoms in total. The van der Waals surface area contributed by atoms with Gasteiger partial charge in [0.05, 0.1) is 29.3 Å². The van der Waals surface area contributed by atoms with Gasteiger partial charge in [-0.3, -0.25) is 4.68 Å². The molecule has 10 heteroatoms. The zero-order chi connectivity index (χ0) is 19.6. The predicted molar refractivity (Wildman–Crippen MR) is 107 cm³/mol. The molecule has 2 fully saturated rings. The summed E-state index contributed by atoms with van der Waals surface area (Å²) in [7, 11) is 0. The van der Waals surface area contributed by atoms with Crippen molar-refractivity contribution >= 4 is 34.3 Å². The quantitative estimate of drug-likeness (QED) is 0.651. The second kappa shape index (κ2) is 6.30. The molecule has 29 heavy (non-hydrogen) atoms. The van der Waals surface area contributed by atoms with Gasteiger partial charge in [0.15, 0.2) is 10.8 Å². The molecule has 1 atom stereocenters. The molecule has 3 aliphatic rings. The third kappa shape index (κ3) is 2.86. The van der Waals surface area contributed by atoms with Gasteiger partial charge in [0.2, 0.25) is 5.95 Å². The topological polar surface area (TPSA) is 91.9 Å². The average molecular weight is 416 g/mol. The summed E-state index contributed by atoms with van der Waals surface area (Å²) in [6.07, 6.45) is 6.77. The Morgan fingerprint density at radius 2 is 2.17 bits per heavy atom. The summed E-state index contributed by atoms with van der Waals surface area (Å²) < 4.78 is 16.0. The lowest BCUT2D eigenvalue weighted by molar-refractivity contribution is -0.0274. The molecular formula is C19H22ClN7O2. The Morgan fingerprint density at radius 3 is 3.03 bits per heavy atom. The maximum Gasteiger partial charge on any atom is 0.257 e. The number of fused-ring (bicyclic) bond motifs is 2. The highest BCUT2D eigenvalue weighted by atomic mass is 35.5. The molecule has 2 bridgehead atoms. The number of nitrogens with one attached hydrogen (secondary N) is 1. The van der Waals surface area contributed by atoms with Crippen LogP contribution in [-0.4, -0.2) is 48.3 Å². The minimum absolute atomic E-state index is 0.0859. The normalized spacial score (nSPS) is 22.8. The summed E-state index contributed by atoms with van der Waals surface area (Å²) in [6, 6.07) is 0.320. The van der Waals surface area contributed by atoms with Gasteiger partial charge in [-0.25, -0.2) is 9.67 Å². The van der Waals surface area contributed by atoms with Crippen molar-refractivity contribution in [2.75, 3.05) is 18.5 Å². The van der Waals surface area contributed by atoms with Gasteiger partial charge in [-0.05, 0) is 32.6 Å². The first-order valence-electron chi connectivity index (χ1n) is 10.1. The van der Waals surface area contributed by atoms with Crippen LogP contribution in [0.15, 0.2) is 6.20 Å². The maximum absolute atomic E-state index is 6.24. The molecule has 1 N–H and O–H groups in total. The number of anilines is 2. The van der Waals surface area contributed by atoms with Gasteiger partial charge in [0.25, 0.3) is 5.88 Å². The SMILES string of the molecule is Cc1c2c(nn1[C@@H]1CCOC3(CC3)C1)OCCCn1nc(Cl)c3cnc(nc31)N2. The van der Waals surface area contributed by atoms with Gasteiger partial charge < -0.3 is 14.8 Å². The minimum Gasteiger partial charge on any atom is -0.475 e. The van der Waals surface area contributed by atoms with Gasteiger partial charge >= 0.3 is 0 Å². The molecule has 3 aromatic rings. The summed E-state index contributed by atoms with van der Waals surface area (Å²) in [6.45, 7) is 4.05. The second-order valence-corrected chi connectivity index (χ2v) is 8.52. The van der Waals surface area contributed by atoms with Crippen LogP contribution in [-0.2, 0) is 11.3 Å². The largest absolute Gasteiger partial charge is 0.475 e. The third-order valence-electron chi connectivity index (χ3n) is 6.17. The molecule has 152 valence electrons. The van der Waals surface area contributed by atoms with Crippen LogP contribution in [0.3, 0.4) is 0 Å². The molecule has 1 aliphatic carbocycles. The lowest BCUT2D eigenvalue weighted by atomic mass is 10.0. The minimum atomic E-state index is 0.0859. The Kier molecular flexibility index (Phi) is 3.80. The van der Waals surface area contributed by atoms with Crippen molar-refractivity contribution in [3.8, 4) is 5.88 Å². The molecule has 0 unspecified atom stereocenters. The molecule has 1 spiro atoms. The van der Waals surface area contributed by atoms with Crippen molar-refractivity contribution in [3.05, 3.63) is 17.0 Å². The van der Waals surface area contributed by atoms with E-state index in [9.17, 15) is 0 Å². The Balaban J connectivity index is 1.40. The van der Waals surface area contributed by atoms with E-state index in [-0.39, 0.29) is 5.60 Å². The number of halogens is 1. The van der Waals surface area contributed by atoms with Crippen molar-refractivity contribution in [3.63, 3.8) is 0 Å². The summed E-state index contributed by atoms with van der Waals surface area (Å²) in [5.41, 5.74) is 2.65. The Morgan fingerprint density at radius 1 is 1.28 bits per heavy atom. The summed E-state index contributed by atoms with van der Waals surface area (Å²) in [5, 5.41) is 13.7. The Hall–Kier alpha value is -2.39. The number of rotatable bonds is 1. The van der Waals surface area contributed by atoms with E-state index in [0.717, 1.165) is 61.1 Å². The van der Waals surface area contributed by atoms with Gasteiger partial charge in [-0.1, -0.05) is 11.6 Å². The molecule has 2 aliphatic heterocycles. The zero-order valence-electron chi connectivity index (χ0n) is 16.2. The van der Waals surface area contributed by atoms with E-state index in [2.05, 4.69) is 32.0 Å². The monoisotopic (exact) mass is 415 g/mol. The molecule has 1 saturated heterocycles. The average Bonchev–Trinajstić information content (AvgIpc) is 3.29. The van der Waals surface area contributed by atoms with Gasteiger partial charge in [-0.2, -0.15) is 10.1 Å². The van der Waals surface area contributed by atoms with E-state index in [0.29, 0.717) is 36.2 Å². The van der Waals surface area contributed by atoms with Gasteiger partial charge in [0.1, 0.15) is 5.69 Å². The molecule has 5 heterocycles. The fourth-order valence-corrected chi connectivity index (χ4v) is 4.65. The maximum atomic E-state index is 6.24. The predicted octanol–water partition coefficient (Wildman–Crippen LogP) is 3.39. The Labute approximate surface area is 172 Å². The lowest BCUT2D eigenvalue weighted by Crippen LogP contribution is -2.30. The standard InChI is InChI=1S/C19H22ClN7O2/c1-11-14-17(25-27(11)12-3-8-29-19(9-12)4-5-19)28-7-2-6-26-16-13(15(20)24-26)10-21-18(22-14)23-16/h10,12H,2-9H2,1H3,(H,21,22,23)/t12-/m1/s1. The second-order valence-electron chi connectivity index (χ2n) is 8.16. The van der Waals surface area contributed by atoms with Crippen LogP contribution >= 0.6 is 11.6 Å². The first-order chi connectivity index (χ1) is 14.1. The number of aryl methyl sites for hydroxylation is 1. The smallest absolute Gasteiger partial charge is 0.257 e. The molecule has 6 rings (SSSR count). The number of hydrogen-bond donors (Lipinski definition) is 1. The highest BCUT2D eigenvalue weighted by Crippen LogP contribution is 2.50. The van der Waals surface area contributed by atoms with E-state index in [1.54, 1.807) is 10.9 Å². The van der Waals surface area contributed by atoms with Crippen molar-refractivity contribution in [2.24, 2.45) is 0 Å². The molecule has 3 aromatic heterocycles. The van der Waals surface area contributed by atoms with Crippen LogP contribution in [0.1, 0.15) is 43.8 Å². The van der Waals surface area contributed by atoms with Gasteiger partial charge in [0, 0.05) is 25.8 Å². The molecule has 1 saturated carbocycles. The fourth-order valence-electron chi connectivity index (χ4n) is 4.42. The Bertz CT molecular complexity index is 1100. The fraction of sp³-hybridized carbons (Fsp3) is 0.579. The zero-order valence-corrected chi connectivity index (χ0v) is 16.9. The number of hydrogen-bond acceptors (Lipinski definition) is 7. The summed E-state index contributed by atoms with van der Waals surface area (Å²) >= 11 is 6.24. The van der Waals surface area contributed by atoms with E-state index < -0.39 is 0 Å². The summed E-state index contributed by atoms with van der Waals surface area (Å²) in [4.78, 5) is 9.09. The third-order valence-corrected chi connectivity index (χ3v) is 6.45. The summed E-state index contributed by atoms with van der Waals surface area (Å²) in [5.74, 6) is 1.08. The number of ether oxygens (including phenoxy) is 2.